The van der Waals surface area contributed by atoms with Crippen LogP contribution in [0, 0.1) is 29.6 Å². The summed E-state index contributed by atoms with van der Waals surface area (Å²) in [4.78, 5) is 0. The molecule has 4 aliphatic rings. The van der Waals surface area contributed by atoms with Gasteiger partial charge in [0.2, 0.25) is 0 Å². The first-order chi connectivity index (χ1) is 9.69. The molecule has 0 saturated heterocycles. The van der Waals surface area contributed by atoms with Crippen molar-refractivity contribution in [1.29, 1.82) is 0 Å². The zero-order valence-corrected chi connectivity index (χ0v) is 12.0. The van der Waals surface area contributed by atoms with Gasteiger partial charge in [-0.2, -0.15) is 0 Å². The van der Waals surface area contributed by atoms with E-state index < -0.39 is 0 Å². The van der Waals surface area contributed by atoms with Crippen LogP contribution in [0.25, 0.3) is 0 Å². The summed E-state index contributed by atoms with van der Waals surface area (Å²) in [5, 5.41) is 9.60. The quantitative estimate of drug-likeness (QED) is 0.885. The Morgan fingerprint density at radius 3 is 2.30 bits per heavy atom. The van der Waals surface area contributed by atoms with Gasteiger partial charge in [-0.3, -0.25) is 0 Å². The Balaban J connectivity index is 1.50. The van der Waals surface area contributed by atoms with Gasteiger partial charge in [-0.15, -0.1) is 0 Å². The van der Waals surface area contributed by atoms with Crippen LogP contribution in [0.15, 0.2) is 24.3 Å². The maximum atomic E-state index is 9.60. The van der Waals surface area contributed by atoms with Gasteiger partial charge >= 0.3 is 0 Å². The largest absolute Gasteiger partial charge is 0.508 e. The lowest BCUT2D eigenvalue weighted by Gasteiger charge is -2.56. The normalized spacial score (nSPS) is 40.0. The van der Waals surface area contributed by atoms with Crippen LogP contribution in [-0.2, 0) is 6.42 Å². The molecule has 4 bridgehead atoms. The summed E-state index contributed by atoms with van der Waals surface area (Å²) in [6.07, 6.45) is 8.16. The van der Waals surface area contributed by atoms with Gasteiger partial charge in [-0.05, 0) is 85.8 Å². The van der Waals surface area contributed by atoms with Crippen LogP contribution in [0.3, 0.4) is 0 Å². The molecule has 2 nitrogen and oxygen atoms in total. The van der Waals surface area contributed by atoms with Gasteiger partial charge in [-0.1, -0.05) is 12.1 Å². The van der Waals surface area contributed by atoms with Crippen molar-refractivity contribution in [2.24, 2.45) is 35.3 Å². The molecule has 20 heavy (non-hydrogen) atoms. The zero-order chi connectivity index (χ0) is 13.7. The van der Waals surface area contributed by atoms with Crippen LogP contribution in [0.4, 0.5) is 0 Å². The molecule has 0 heterocycles. The molecule has 108 valence electrons. The van der Waals surface area contributed by atoms with E-state index in [1.807, 2.05) is 12.1 Å². The number of phenolic OH excluding ortho intramolecular Hbond substituents is 1. The van der Waals surface area contributed by atoms with E-state index >= 15 is 0 Å². The van der Waals surface area contributed by atoms with Gasteiger partial charge in [0.15, 0.2) is 0 Å². The number of aromatic hydroxyl groups is 1. The third-order valence-corrected chi connectivity index (χ3v) is 6.18. The predicted molar refractivity (Wildman–Crippen MR) is 80.3 cm³/mol. The molecule has 1 unspecified atom stereocenters. The van der Waals surface area contributed by atoms with Crippen molar-refractivity contribution in [3.63, 3.8) is 0 Å². The predicted octanol–water partition coefficient (Wildman–Crippen LogP) is 3.33. The zero-order valence-electron chi connectivity index (χ0n) is 12.0. The summed E-state index contributed by atoms with van der Waals surface area (Å²) in [6, 6.07) is 7.89. The second-order valence-electron chi connectivity index (χ2n) is 7.55. The minimum Gasteiger partial charge on any atom is -0.508 e. The molecule has 1 aromatic carbocycles. The van der Waals surface area contributed by atoms with E-state index in [4.69, 9.17) is 5.73 Å². The fourth-order valence-corrected chi connectivity index (χ4v) is 5.76. The topological polar surface area (TPSA) is 46.2 Å². The Bertz CT molecular complexity index is 470. The third kappa shape index (κ3) is 2.14. The van der Waals surface area contributed by atoms with Gasteiger partial charge in [0, 0.05) is 6.04 Å². The second-order valence-corrected chi connectivity index (χ2v) is 7.55. The van der Waals surface area contributed by atoms with Crippen LogP contribution in [0.5, 0.6) is 5.75 Å². The second kappa shape index (κ2) is 4.77. The Hall–Kier alpha value is -1.02. The number of phenols is 1. The van der Waals surface area contributed by atoms with Gasteiger partial charge < -0.3 is 10.8 Å². The lowest BCUT2D eigenvalue weighted by molar-refractivity contribution is -0.0464. The maximum Gasteiger partial charge on any atom is 0.115 e. The van der Waals surface area contributed by atoms with E-state index in [9.17, 15) is 5.11 Å². The van der Waals surface area contributed by atoms with Gasteiger partial charge in [0.05, 0.1) is 0 Å². The fourth-order valence-electron chi connectivity index (χ4n) is 5.76. The molecule has 0 amide bonds. The minimum absolute atomic E-state index is 0.270. The van der Waals surface area contributed by atoms with E-state index in [2.05, 4.69) is 6.07 Å². The lowest BCUT2D eigenvalue weighted by Crippen LogP contribution is -2.52. The molecule has 4 saturated carbocycles. The van der Waals surface area contributed by atoms with Crippen molar-refractivity contribution < 1.29 is 5.11 Å². The van der Waals surface area contributed by atoms with Gasteiger partial charge in [-0.25, -0.2) is 0 Å². The Morgan fingerprint density at radius 2 is 1.70 bits per heavy atom. The number of hydrogen-bond donors (Lipinski definition) is 2. The van der Waals surface area contributed by atoms with Crippen LogP contribution in [0.2, 0.25) is 0 Å². The number of nitrogens with two attached hydrogens (primary N) is 1. The third-order valence-electron chi connectivity index (χ3n) is 6.18. The average molecular weight is 271 g/mol. The van der Waals surface area contributed by atoms with Crippen molar-refractivity contribution in [3.05, 3.63) is 29.8 Å². The van der Waals surface area contributed by atoms with E-state index in [0.29, 0.717) is 5.75 Å². The van der Waals surface area contributed by atoms with Crippen molar-refractivity contribution >= 4 is 0 Å². The van der Waals surface area contributed by atoms with Crippen molar-refractivity contribution in [3.8, 4) is 5.75 Å². The molecule has 3 N–H and O–H groups in total. The van der Waals surface area contributed by atoms with Crippen molar-refractivity contribution in [2.45, 2.75) is 44.6 Å². The van der Waals surface area contributed by atoms with Crippen LogP contribution in [0.1, 0.15) is 37.7 Å². The first-order valence-corrected chi connectivity index (χ1v) is 8.22. The van der Waals surface area contributed by atoms with E-state index in [1.165, 1.54) is 37.7 Å². The average Bonchev–Trinajstić information content (AvgIpc) is 2.37. The maximum absolute atomic E-state index is 9.60. The molecule has 4 fully saturated rings. The molecule has 5 rings (SSSR count). The molecular formula is C18H25NO. The minimum atomic E-state index is 0.270. The molecule has 0 spiro atoms. The van der Waals surface area contributed by atoms with Crippen LogP contribution in [-0.4, -0.2) is 11.1 Å². The molecule has 1 atom stereocenters. The van der Waals surface area contributed by atoms with Crippen LogP contribution < -0.4 is 5.73 Å². The highest BCUT2D eigenvalue weighted by atomic mass is 16.3. The first kappa shape index (κ1) is 12.7. The summed E-state index contributed by atoms with van der Waals surface area (Å²) in [5.74, 6) is 4.89. The SMILES string of the molecule is NC(Cc1cccc(O)c1)C1C2CC3CC(C2)CC1C3. The van der Waals surface area contributed by atoms with E-state index in [1.54, 1.807) is 6.07 Å². The summed E-state index contributed by atoms with van der Waals surface area (Å²) in [7, 11) is 0. The Labute approximate surface area is 121 Å². The van der Waals surface area contributed by atoms with Crippen molar-refractivity contribution in [1.82, 2.24) is 0 Å². The Morgan fingerprint density at radius 1 is 1.05 bits per heavy atom. The summed E-state index contributed by atoms with van der Waals surface area (Å²) < 4.78 is 0. The van der Waals surface area contributed by atoms with Crippen molar-refractivity contribution in [2.75, 3.05) is 0 Å². The molecule has 1 aromatic rings. The smallest absolute Gasteiger partial charge is 0.115 e. The van der Waals surface area contributed by atoms with Gasteiger partial charge in [0.1, 0.15) is 5.75 Å². The summed E-state index contributed by atoms with van der Waals surface area (Å²) >= 11 is 0. The Kier molecular flexibility index (Phi) is 3.03. The number of benzene rings is 1. The first-order valence-electron chi connectivity index (χ1n) is 8.22. The molecular weight excluding hydrogens is 246 g/mol. The standard InChI is InChI=1S/C18H25NO/c19-17(10-11-2-1-3-16(20)9-11)18-14-5-12-4-13(7-14)8-15(18)6-12/h1-3,9,12-15,17-18,20H,4-8,10,19H2. The molecule has 0 aliphatic heterocycles. The molecule has 4 aliphatic carbocycles. The molecule has 0 aromatic heterocycles. The summed E-state index contributed by atoms with van der Waals surface area (Å²) in [6.45, 7) is 0. The monoisotopic (exact) mass is 271 g/mol. The van der Waals surface area contributed by atoms with E-state index in [0.717, 1.165) is 36.0 Å². The number of hydrogen-bond acceptors (Lipinski definition) is 2. The summed E-state index contributed by atoms with van der Waals surface area (Å²) in [5.41, 5.74) is 7.79. The van der Waals surface area contributed by atoms with E-state index in [-0.39, 0.29) is 6.04 Å². The van der Waals surface area contributed by atoms with Gasteiger partial charge in [0.25, 0.3) is 0 Å². The molecule has 2 heteroatoms. The highest BCUT2D eigenvalue weighted by Crippen LogP contribution is 2.57. The number of rotatable bonds is 3. The van der Waals surface area contributed by atoms with Crippen LogP contribution >= 0.6 is 0 Å². The fraction of sp³-hybridized carbons (Fsp3) is 0.667. The highest BCUT2D eigenvalue weighted by molar-refractivity contribution is 5.28. The highest BCUT2D eigenvalue weighted by Gasteiger charge is 2.49. The lowest BCUT2D eigenvalue weighted by atomic mass is 9.50. The molecule has 0 radical (unpaired) electrons.